The topological polar surface area (TPSA) is 58.6 Å². The molecular weight excluding hydrogens is 383 g/mol. The van der Waals surface area contributed by atoms with Crippen LogP contribution in [0.15, 0.2) is 48.5 Å². The van der Waals surface area contributed by atoms with Gasteiger partial charge in [0.15, 0.2) is 0 Å². The maximum atomic E-state index is 13.3. The Morgan fingerprint density at radius 3 is 2.47 bits per heavy atom. The molecule has 2 amide bonds. The van der Waals surface area contributed by atoms with Gasteiger partial charge in [-0.3, -0.25) is 9.59 Å². The second-order valence-electron chi connectivity index (χ2n) is 7.70. The van der Waals surface area contributed by atoms with Crippen LogP contribution in [0.4, 0.5) is 4.39 Å². The molecule has 1 unspecified atom stereocenters. The van der Waals surface area contributed by atoms with Crippen molar-refractivity contribution in [1.29, 1.82) is 0 Å². The van der Waals surface area contributed by atoms with E-state index >= 15 is 0 Å². The molecule has 0 aliphatic carbocycles. The highest BCUT2D eigenvalue weighted by Crippen LogP contribution is 2.22. The van der Waals surface area contributed by atoms with Gasteiger partial charge in [0.05, 0.1) is 19.7 Å². The van der Waals surface area contributed by atoms with Crippen molar-refractivity contribution in [2.75, 3.05) is 20.2 Å². The molecule has 1 aliphatic rings. The fourth-order valence-corrected chi connectivity index (χ4v) is 3.74. The lowest BCUT2D eigenvalue weighted by molar-refractivity contribution is -0.136. The third kappa shape index (κ3) is 6.31. The lowest BCUT2D eigenvalue weighted by Crippen LogP contribution is -2.43. The van der Waals surface area contributed by atoms with Gasteiger partial charge in [0.25, 0.3) is 0 Å². The van der Waals surface area contributed by atoms with Crippen molar-refractivity contribution < 1.29 is 18.7 Å². The monoisotopic (exact) mass is 412 g/mol. The molecule has 160 valence electrons. The molecule has 2 aromatic rings. The SMILES string of the molecule is COc1ccc(C(Cc2ccc(F)cc2)NC(=O)CN2CCCCCCC2=O)cc1. The first kappa shape index (κ1) is 21.8. The molecule has 1 aliphatic heterocycles. The first-order valence-electron chi connectivity index (χ1n) is 10.5. The van der Waals surface area contributed by atoms with E-state index in [9.17, 15) is 14.0 Å². The van der Waals surface area contributed by atoms with Crippen molar-refractivity contribution >= 4 is 11.8 Å². The fraction of sp³-hybridized carbons (Fsp3) is 0.417. The normalized spacial score (nSPS) is 15.8. The fourth-order valence-electron chi connectivity index (χ4n) is 3.74. The highest BCUT2D eigenvalue weighted by Gasteiger charge is 2.21. The zero-order chi connectivity index (χ0) is 21.3. The number of hydrogen-bond donors (Lipinski definition) is 1. The van der Waals surface area contributed by atoms with Crippen LogP contribution in [-0.2, 0) is 16.0 Å². The van der Waals surface area contributed by atoms with E-state index in [-0.39, 0.29) is 30.2 Å². The Bertz CT molecular complexity index is 837. The van der Waals surface area contributed by atoms with Crippen molar-refractivity contribution in [3.05, 3.63) is 65.5 Å². The van der Waals surface area contributed by atoms with Gasteiger partial charge in [-0.05, 0) is 54.7 Å². The summed E-state index contributed by atoms with van der Waals surface area (Å²) in [6, 6.07) is 13.5. The standard InChI is InChI=1S/C24H29FN2O3/c1-30-21-13-9-19(10-14-21)22(16-18-7-11-20(25)12-8-18)26-23(28)17-27-15-5-3-2-4-6-24(27)29/h7-14,22H,2-6,15-17H2,1H3,(H,26,28). The van der Waals surface area contributed by atoms with E-state index in [0.717, 1.165) is 42.6 Å². The number of amides is 2. The minimum absolute atomic E-state index is 0.0457. The number of carbonyl (C=O) groups is 2. The molecule has 6 heteroatoms. The molecule has 0 bridgehead atoms. The number of hydrogen-bond acceptors (Lipinski definition) is 3. The highest BCUT2D eigenvalue weighted by atomic mass is 19.1. The number of halogens is 1. The third-order valence-corrected chi connectivity index (χ3v) is 5.46. The summed E-state index contributed by atoms with van der Waals surface area (Å²) in [6.45, 7) is 0.687. The Labute approximate surface area is 177 Å². The molecule has 1 N–H and O–H groups in total. The van der Waals surface area contributed by atoms with Crippen LogP contribution in [-0.4, -0.2) is 36.9 Å². The van der Waals surface area contributed by atoms with Crippen LogP contribution in [0.2, 0.25) is 0 Å². The van der Waals surface area contributed by atoms with E-state index in [4.69, 9.17) is 4.74 Å². The third-order valence-electron chi connectivity index (χ3n) is 5.46. The molecular formula is C24H29FN2O3. The molecule has 0 radical (unpaired) electrons. The number of rotatable bonds is 7. The second kappa shape index (κ2) is 10.8. The van der Waals surface area contributed by atoms with E-state index in [0.29, 0.717) is 19.4 Å². The number of ether oxygens (including phenoxy) is 1. The van der Waals surface area contributed by atoms with E-state index in [1.807, 2.05) is 24.3 Å². The first-order valence-corrected chi connectivity index (χ1v) is 10.5. The van der Waals surface area contributed by atoms with Crippen molar-refractivity contribution in [2.45, 2.75) is 44.6 Å². The first-order chi connectivity index (χ1) is 14.5. The van der Waals surface area contributed by atoms with Crippen LogP contribution in [0.3, 0.4) is 0 Å². The molecule has 3 rings (SSSR count). The van der Waals surface area contributed by atoms with Gasteiger partial charge >= 0.3 is 0 Å². The second-order valence-corrected chi connectivity index (χ2v) is 7.70. The summed E-state index contributed by atoms with van der Waals surface area (Å²) in [4.78, 5) is 26.8. The molecule has 1 saturated heterocycles. The van der Waals surface area contributed by atoms with E-state index in [2.05, 4.69) is 5.32 Å². The van der Waals surface area contributed by atoms with Gasteiger partial charge in [0.1, 0.15) is 11.6 Å². The number of likely N-dealkylation sites (tertiary alicyclic amines) is 1. The Morgan fingerprint density at radius 1 is 1.07 bits per heavy atom. The van der Waals surface area contributed by atoms with Gasteiger partial charge in [-0.1, -0.05) is 37.1 Å². The predicted octanol–water partition coefficient (Wildman–Crippen LogP) is 4.03. The van der Waals surface area contributed by atoms with Crippen molar-refractivity contribution in [2.24, 2.45) is 0 Å². The summed E-state index contributed by atoms with van der Waals surface area (Å²) >= 11 is 0. The smallest absolute Gasteiger partial charge is 0.240 e. The summed E-state index contributed by atoms with van der Waals surface area (Å²) < 4.78 is 18.5. The number of nitrogens with zero attached hydrogens (tertiary/aromatic N) is 1. The molecule has 1 fully saturated rings. The summed E-state index contributed by atoms with van der Waals surface area (Å²) in [5.74, 6) is 0.299. The minimum Gasteiger partial charge on any atom is -0.497 e. The maximum absolute atomic E-state index is 13.3. The summed E-state index contributed by atoms with van der Waals surface area (Å²) in [7, 11) is 1.60. The van der Waals surface area contributed by atoms with Crippen molar-refractivity contribution in [3.8, 4) is 5.75 Å². The number of benzene rings is 2. The molecule has 30 heavy (non-hydrogen) atoms. The molecule has 1 atom stereocenters. The van der Waals surface area contributed by atoms with Crippen LogP contribution in [0.5, 0.6) is 5.75 Å². The molecule has 0 aromatic heterocycles. The lowest BCUT2D eigenvalue weighted by Gasteiger charge is -2.26. The Hall–Kier alpha value is -2.89. The average Bonchev–Trinajstić information content (AvgIpc) is 2.75. The molecule has 2 aromatic carbocycles. The van der Waals surface area contributed by atoms with E-state index in [1.54, 1.807) is 24.1 Å². The van der Waals surface area contributed by atoms with Gasteiger partial charge in [-0.2, -0.15) is 0 Å². The minimum atomic E-state index is -0.293. The Morgan fingerprint density at radius 2 is 1.77 bits per heavy atom. The van der Waals surface area contributed by atoms with Gasteiger partial charge in [-0.15, -0.1) is 0 Å². The summed E-state index contributed by atoms with van der Waals surface area (Å²) in [6.07, 6.45) is 5.00. The van der Waals surface area contributed by atoms with Gasteiger partial charge < -0.3 is 15.0 Å². The predicted molar refractivity (Wildman–Crippen MR) is 114 cm³/mol. The van der Waals surface area contributed by atoms with Crippen LogP contribution in [0, 0.1) is 5.82 Å². The van der Waals surface area contributed by atoms with Gasteiger partial charge in [0, 0.05) is 13.0 Å². The Balaban J connectivity index is 1.72. The van der Waals surface area contributed by atoms with Crippen LogP contribution < -0.4 is 10.1 Å². The largest absolute Gasteiger partial charge is 0.497 e. The van der Waals surface area contributed by atoms with Crippen molar-refractivity contribution in [1.82, 2.24) is 10.2 Å². The quantitative estimate of drug-likeness (QED) is 0.747. The van der Waals surface area contributed by atoms with E-state index in [1.165, 1.54) is 12.1 Å². The van der Waals surface area contributed by atoms with E-state index < -0.39 is 0 Å². The van der Waals surface area contributed by atoms with Gasteiger partial charge in [-0.25, -0.2) is 4.39 Å². The van der Waals surface area contributed by atoms with Gasteiger partial charge in [0.2, 0.25) is 11.8 Å². The average molecular weight is 413 g/mol. The zero-order valence-corrected chi connectivity index (χ0v) is 17.4. The molecule has 5 nitrogen and oxygen atoms in total. The lowest BCUT2D eigenvalue weighted by atomic mass is 9.98. The Kier molecular flexibility index (Phi) is 7.82. The highest BCUT2D eigenvalue weighted by molar-refractivity contribution is 5.85. The zero-order valence-electron chi connectivity index (χ0n) is 17.4. The summed E-state index contributed by atoms with van der Waals surface area (Å²) in [5.41, 5.74) is 1.84. The van der Waals surface area contributed by atoms with Crippen LogP contribution in [0.25, 0.3) is 0 Å². The summed E-state index contributed by atoms with van der Waals surface area (Å²) in [5, 5.41) is 3.07. The van der Waals surface area contributed by atoms with Crippen molar-refractivity contribution in [3.63, 3.8) is 0 Å². The molecule has 0 spiro atoms. The van der Waals surface area contributed by atoms with Crippen LogP contribution >= 0.6 is 0 Å². The number of methoxy groups -OCH3 is 1. The molecule has 0 saturated carbocycles. The number of carbonyl (C=O) groups excluding carboxylic acids is 2. The number of nitrogens with one attached hydrogen (secondary N) is 1. The van der Waals surface area contributed by atoms with Crippen LogP contribution in [0.1, 0.15) is 49.3 Å². The molecule has 1 heterocycles. The maximum Gasteiger partial charge on any atom is 0.240 e.